The number of nitrogens with zero attached hydrogens (tertiary/aromatic N) is 5. The molecule has 1 saturated heterocycles. The van der Waals surface area contributed by atoms with Gasteiger partial charge < -0.3 is 19.7 Å². The van der Waals surface area contributed by atoms with Gasteiger partial charge in [-0.1, -0.05) is 0 Å². The van der Waals surface area contributed by atoms with E-state index in [4.69, 9.17) is 9.47 Å². The second kappa shape index (κ2) is 7.99. The second-order valence-corrected chi connectivity index (χ2v) is 7.75. The minimum absolute atomic E-state index is 0.132. The molecule has 152 valence electrons. The molecular formula is C18H26N6O4. The summed E-state index contributed by atoms with van der Waals surface area (Å²) in [6, 6.07) is 3.43. The van der Waals surface area contributed by atoms with Crippen LogP contribution in [0.1, 0.15) is 39.4 Å². The monoisotopic (exact) mass is 390 g/mol. The van der Waals surface area contributed by atoms with Crippen LogP contribution in [0, 0.1) is 5.92 Å². The van der Waals surface area contributed by atoms with Crippen molar-refractivity contribution in [1.82, 2.24) is 30.0 Å². The van der Waals surface area contributed by atoms with Gasteiger partial charge in [-0.05, 0) is 39.7 Å². The van der Waals surface area contributed by atoms with Crippen LogP contribution in [0.3, 0.4) is 0 Å². The normalized spacial score (nSPS) is 17.4. The fourth-order valence-corrected chi connectivity index (χ4v) is 3.03. The van der Waals surface area contributed by atoms with Crippen molar-refractivity contribution >= 4 is 17.6 Å². The Morgan fingerprint density at radius 2 is 2.07 bits per heavy atom. The summed E-state index contributed by atoms with van der Waals surface area (Å²) in [5.74, 6) is 0.512. The Hall–Kier alpha value is -2.91. The van der Waals surface area contributed by atoms with Crippen LogP contribution >= 0.6 is 0 Å². The Labute approximate surface area is 163 Å². The summed E-state index contributed by atoms with van der Waals surface area (Å²) in [5.41, 5.74) is 0.00791. The number of hydrogen-bond acceptors (Lipinski definition) is 7. The van der Waals surface area contributed by atoms with Gasteiger partial charge in [0, 0.05) is 19.2 Å². The van der Waals surface area contributed by atoms with Crippen molar-refractivity contribution in [3.63, 3.8) is 0 Å². The number of likely N-dealkylation sites (tertiary alicyclic amines) is 1. The van der Waals surface area contributed by atoms with Gasteiger partial charge in [0.2, 0.25) is 11.8 Å². The summed E-state index contributed by atoms with van der Waals surface area (Å²) >= 11 is 0. The average Bonchev–Trinajstić information content (AvgIpc) is 3.07. The number of aromatic nitrogens is 4. The number of hydrogen-bond donors (Lipinski definition) is 1. The van der Waals surface area contributed by atoms with Crippen LogP contribution in [0.2, 0.25) is 0 Å². The molecule has 0 spiro atoms. The van der Waals surface area contributed by atoms with Crippen LogP contribution < -0.4 is 10.1 Å². The van der Waals surface area contributed by atoms with Crippen LogP contribution in [0.15, 0.2) is 12.1 Å². The van der Waals surface area contributed by atoms with E-state index in [-0.39, 0.29) is 24.5 Å². The quantitative estimate of drug-likeness (QED) is 0.840. The molecule has 3 rings (SSSR count). The van der Waals surface area contributed by atoms with Gasteiger partial charge in [0.1, 0.15) is 5.60 Å². The van der Waals surface area contributed by atoms with Crippen LogP contribution in [0.5, 0.6) is 5.88 Å². The summed E-state index contributed by atoms with van der Waals surface area (Å²) in [7, 11) is 1.53. The molecule has 0 saturated carbocycles. The number of carbonyl (C=O) groups is 2. The molecule has 1 aliphatic rings. The SMILES string of the molecule is COc1ccc2nnc(CNC(=O)[C@H]3CCCN(C(=O)OC(C)(C)C)C3)n2n1. The lowest BCUT2D eigenvalue weighted by atomic mass is 9.97. The predicted octanol–water partition coefficient (Wildman–Crippen LogP) is 1.40. The zero-order valence-corrected chi connectivity index (χ0v) is 16.6. The summed E-state index contributed by atoms with van der Waals surface area (Å²) in [6.45, 7) is 6.59. The van der Waals surface area contributed by atoms with Crippen LogP contribution in [-0.4, -0.2) is 62.5 Å². The Balaban J connectivity index is 1.59. The lowest BCUT2D eigenvalue weighted by Crippen LogP contribution is -2.47. The molecule has 3 heterocycles. The summed E-state index contributed by atoms with van der Waals surface area (Å²) < 4.78 is 12.1. The number of nitrogens with one attached hydrogen (secondary N) is 1. The highest BCUT2D eigenvalue weighted by Gasteiger charge is 2.31. The van der Waals surface area contributed by atoms with Crippen LogP contribution in [0.25, 0.3) is 5.65 Å². The molecule has 1 fully saturated rings. The highest BCUT2D eigenvalue weighted by atomic mass is 16.6. The van der Waals surface area contributed by atoms with Crippen molar-refractivity contribution < 1.29 is 19.1 Å². The van der Waals surface area contributed by atoms with E-state index < -0.39 is 5.60 Å². The predicted molar refractivity (Wildman–Crippen MR) is 99.7 cm³/mol. The van der Waals surface area contributed by atoms with E-state index >= 15 is 0 Å². The highest BCUT2D eigenvalue weighted by molar-refractivity contribution is 5.80. The molecule has 2 aromatic heterocycles. The number of piperidine rings is 1. The summed E-state index contributed by atoms with van der Waals surface area (Å²) in [4.78, 5) is 26.5. The minimum atomic E-state index is -0.560. The van der Waals surface area contributed by atoms with Gasteiger partial charge in [0.25, 0.3) is 0 Å². The zero-order valence-electron chi connectivity index (χ0n) is 16.6. The molecule has 0 aliphatic carbocycles. The molecule has 2 aromatic rings. The molecule has 0 aromatic carbocycles. The van der Waals surface area contributed by atoms with Crippen molar-refractivity contribution in [2.45, 2.75) is 45.8 Å². The smallest absolute Gasteiger partial charge is 0.410 e. The van der Waals surface area contributed by atoms with E-state index in [1.54, 1.807) is 17.0 Å². The third kappa shape index (κ3) is 4.68. The first-order chi connectivity index (χ1) is 13.3. The molecule has 1 atom stereocenters. The second-order valence-electron chi connectivity index (χ2n) is 7.75. The fraction of sp³-hybridized carbons (Fsp3) is 0.611. The Morgan fingerprint density at radius 3 is 2.79 bits per heavy atom. The Kier molecular flexibility index (Phi) is 5.66. The van der Waals surface area contributed by atoms with Gasteiger partial charge in [-0.2, -0.15) is 4.52 Å². The van der Waals surface area contributed by atoms with E-state index in [2.05, 4.69) is 20.6 Å². The number of ether oxygens (including phenoxy) is 2. The molecule has 1 aliphatic heterocycles. The Morgan fingerprint density at radius 1 is 1.29 bits per heavy atom. The third-order valence-corrected chi connectivity index (χ3v) is 4.38. The summed E-state index contributed by atoms with van der Waals surface area (Å²) in [5, 5.41) is 15.2. The first-order valence-electron chi connectivity index (χ1n) is 9.28. The third-order valence-electron chi connectivity index (χ3n) is 4.38. The molecule has 0 unspecified atom stereocenters. The maximum atomic E-state index is 12.6. The molecule has 1 N–H and O–H groups in total. The van der Waals surface area contributed by atoms with E-state index in [0.29, 0.717) is 30.4 Å². The van der Waals surface area contributed by atoms with Gasteiger partial charge in [-0.25, -0.2) is 4.79 Å². The number of methoxy groups -OCH3 is 1. The molecule has 28 heavy (non-hydrogen) atoms. The Bertz CT molecular complexity index is 859. The maximum Gasteiger partial charge on any atom is 0.410 e. The minimum Gasteiger partial charge on any atom is -0.480 e. The van der Waals surface area contributed by atoms with E-state index in [9.17, 15) is 9.59 Å². The van der Waals surface area contributed by atoms with Gasteiger partial charge in [-0.3, -0.25) is 4.79 Å². The van der Waals surface area contributed by atoms with Gasteiger partial charge >= 0.3 is 6.09 Å². The number of fused-ring (bicyclic) bond motifs is 1. The zero-order chi connectivity index (χ0) is 20.3. The lowest BCUT2D eigenvalue weighted by Gasteiger charge is -2.33. The molecule has 2 amide bonds. The van der Waals surface area contributed by atoms with Gasteiger partial charge in [-0.15, -0.1) is 15.3 Å². The largest absolute Gasteiger partial charge is 0.480 e. The topological polar surface area (TPSA) is 111 Å². The van der Waals surface area contributed by atoms with Crippen molar-refractivity contribution in [2.24, 2.45) is 5.92 Å². The maximum absolute atomic E-state index is 12.6. The first-order valence-corrected chi connectivity index (χ1v) is 9.28. The van der Waals surface area contributed by atoms with Crippen molar-refractivity contribution in [2.75, 3.05) is 20.2 Å². The standard InChI is InChI=1S/C18H26N6O4/c1-18(2,3)28-17(26)23-9-5-6-12(11-23)16(25)19-10-14-21-20-13-7-8-15(27-4)22-24(13)14/h7-8,12H,5-6,9-11H2,1-4H3,(H,19,25)/t12-/m0/s1. The lowest BCUT2D eigenvalue weighted by molar-refractivity contribution is -0.126. The first kappa shape index (κ1) is 19.8. The summed E-state index contributed by atoms with van der Waals surface area (Å²) in [6.07, 6.45) is 1.09. The van der Waals surface area contributed by atoms with Crippen molar-refractivity contribution in [1.29, 1.82) is 0 Å². The van der Waals surface area contributed by atoms with Crippen molar-refractivity contribution in [3.05, 3.63) is 18.0 Å². The van der Waals surface area contributed by atoms with E-state index in [1.807, 2.05) is 20.8 Å². The fourth-order valence-electron chi connectivity index (χ4n) is 3.03. The van der Waals surface area contributed by atoms with E-state index in [1.165, 1.54) is 11.6 Å². The molecular weight excluding hydrogens is 364 g/mol. The molecule has 10 nitrogen and oxygen atoms in total. The molecule has 0 radical (unpaired) electrons. The van der Waals surface area contributed by atoms with Crippen molar-refractivity contribution in [3.8, 4) is 5.88 Å². The number of carbonyl (C=O) groups excluding carboxylic acids is 2. The molecule has 10 heteroatoms. The number of amides is 2. The average molecular weight is 390 g/mol. The van der Waals surface area contributed by atoms with E-state index in [0.717, 1.165) is 12.8 Å². The van der Waals surface area contributed by atoms with Crippen LogP contribution in [-0.2, 0) is 16.1 Å². The van der Waals surface area contributed by atoms with Gasteiger partial charge in [0.15, 0.2) is 11.5 Å². The highest BCUT2D eigenvalue weighted by Crippen LogP contribution is 2.19. The molecule has 0 bridgehead atoms. The van der Waals surface area contributed by atoms with Crippen LogP contribution in [0.4, 0.5) is 4.79 Å². The van der Waals surface area contributed by atoms with Gasteiger partial charge in [0.05, 0.1) is 19.6 Å². The number of rotatable bonds is 4.